The fourth-order valence-electron chi connectivity index (χ4n) is 3.60. The molecule has 0 spiro atoms. The third kappa shape index (κ3) is 3.06. The first-order valence-electron chi connectivity index (χ1n) is 8.80. The van der Waals surface area contributed by atoms with Gasteiger partial charge in [0.2, 0.25) is 5.91 Å². The summed E-state index contributed by atoms with van der Waals surface area (Å²) in [5, 5.41) is 8.58. The molecule has 4 rings (SSSR count). The molecule has 0 saturated carbocycles. The van der Waals surface area contributed by atoms with Gasteiger partial charge in [-0.1, -0.05) is 36.4 Å². The number of aryl methyl sites for hydroxylation is 2. The second-order valence-electron chi connectivity index (χ2n) is 6.65. The normalized spacial score (nSPS) is 12.2. The summed E-state index contributed by atoms with van der Waals surface area (Å²) in [6, 6.07) is 17.5. The Labute approximate surface area is 152 Å². The number of ketones is 1. The number of Topliss-reactive ketones (excluding diaryl/α,β-unsaturated/α-hetero) is 1. The minimum Gasteiger partial charge on any atom is -0.376 e. The van der Waals surface area contributed by atoms with Crippen LogP contribution in [0.4, 0.5) is 11.4 Å². The Morgan fingerprint density at radius 1 is 0.962 bits per heavy atom. The summed E-state index contributed by atoms with van der Waals surface area (Å²) in [5.41, 5.74) is 4.95. The molecule has 0 atom stereocenters. The molecule has 0 fully saturated rings. The maximum absolute atomic E-state index is 12.3. The molecule has 4 heteroatoms. The molecule has 0 bridgehead atoms. The second kappa shape index (κ2) is 6.64. The first-order valence-corrected chi connectivity index (χ1v) is 8.80. The number of carbonyl (C=O) groups excluding carboxylic acids is 2. The van der Waals surface area contributed by atoms with Gasteiger partial charge in [0.25, 0.3) is 0 Å². The lowest BCUT2D eigenvalue weighted by Crippen LogP contribution is -2.22. The van der Waals surface area contributed by atoms with Gasteiger partial charge >= 0.3 is 0 Å². The molecule has 1 amide bonds. The number of anilines is 2. The van der Waals surface area contributed by atoms with E-state index >= 15 is 0 Å². The van der Waals surface area contributed by atoms with E-state index in [0.29, 0.717) is 11.3 Å². The summed E-state index contributed by atoms with van der Waals surface area (Å²) in [4.78, 5) is 23.7. The van der Waals surface area contributed by atoms with Crippen LogP contribution in [0.1, 0.15) is 28.4 Å². The van der Waals surface area contributed by atoms with E-state index in [0.717, 1.165) is 18.5 Å². The quantitative estimate of drug-likeness (QED) is 0.682. The van der Waals surface area contributed by atoms with Crippen LogP contribution in [0.2, 0.25) is 0 Å². The van der Waals surface area contributed by atoms with Crippen molar-refractivity contribution in [3.63, 3.8) is 0 Å². The number of nitrogens with one attached hydrogen (secondary N) is 2. The predicted octanol–water partition coefficient (Wildman–Crippen LogP) is 4.19. The minimum absolute atomic E-state index is 0.0212. The molecule has 0 heterocycles. The molecule has 1 aliphatic carbocycles. The molecule has 0 aromatic heterocycles. The maximum Gasteiger partial charge on any atom is 0.243 e. The molecule has 0 unspecified atom stereocenters. The predicted molar refractivity (Wildman–Crippen MR) is 105 cm³/mol. The zero-order valence-electron chi connectivity index (χ0n) is 14.6. The Bertz CT molecular complexity index is 1010. The van der Waals surface area contributed by atoms with E-state index in [1.165, 1.54) is 28.8 Å². The monoisotopic (exact) mass is 344 g/mol. The fourth-order valence-corrected chi connectivity index (χ4v) is 3.60. The number of benzene rings is 3. The molecule has 2 N–H and O–H groups in total. The maximum atomic E-state index is 12.3. The Hall–Kier alpha value is -3.14. The van der Waals surface area contributed by atoms with E-state index < -0.39 is 0 Å². The third-order valence-electron chi connectivity index (χ3n) is 4.87. The van der Waals surface area contributed by atoms with Gasteiger partial charge in [-0.2, -0.15) is 0 Å². The van der Waals surface area contributed by atoms with Gasteiger partial charge in [0.1, 0.15) is 0 Å². The lowest BCUT2D eigenvalue weighted by Gasteiger charge is -2.12. The van der Waals surface area contributed by atoms with Crippen LogP contribution in [0.25, 0.3) is 10.8 Å². The van der Waals surface area contributed by atoms with Crippen molar-refractivity contribution in [2.45, 2.75) is 19.8 Å². The number of hydrogen-bond donors (Lipinski definition) is 2. The van der Waals surface area contributed by atoms with Crippen LogP contribution in [-0.4, -0.2) is 18.2 Å². The summed E-state index contributed by atoms with van der Waals surface area (Å²) in [6.07, 6.45) is 2.17. The summed E-state index contributed by atoms with van der Waals surface area (Å²) < 4.78 is 0. The average molecular weight is 344 g/mol. The largest absolute Gasteiger partial charge is 0.376 e. The van der Waals surface area contributed by atoms with Gasteiger partial charge in [-0.3, -0.25) is 9.59 Å². The van der Waals surface area contributed by atoms with Crippen LogP contribution in [0.3, 0.4) is 0 Å². The third-order valence-corrected chi connectivity index (χ3v) is 4.87. The fraction of sp³-hybridized carbons (Fsp3) is 0.182. The lowest BCUT2D eigenvalue weighted by molar-refractivity contribution is -0.114. The summed E-state index contributed by atoms with van der Waals surface area (Å²) >= 11 is 0. The summed E-state index contributed by atoms with van der Waals surface area (Å²) in [6.45, 7) is 1.68. The van der Waals surface area contributed by atoms with E-state index in [1.807, 2.05) is 0 Å². The summed E-state index contributed by atoms with van der Waals surface area (Å²) in [7, 11) is 0. The van der Waals surface area contributed by atoms with Crippen molar-refractivity contribution >= 4 is 33.8 Å². The molecule has 3 aromatic rings. The first-order chi connectivity index (χ1) is 12.6. The van der Waals surface area contributed by atoms with Crippen LogP contribution in [0.15, 0.2) is 54.6 Å². The highest BCUT2D eigenvalue weighted by atomic mass is 16.2. The van der Waals surface area contributed by atoms with Crippen molar-refractivity contribution in [1.29, 1.82) is 0 Å². The molecule has 1 aliphatic rings. The van der Waals surface area contributed by atoms with Gasteiger partial charge in [0.05, 0.1) is 6.54 Å². The van der Waals surface area contributed by atoms with Gasteiger partial charge in [-0.05, 0) is 54.5 Å². The summed E-state index contributed by atoms with van der Waals surface area (Å²) in [5.74, 6) is -0.166. The average Bonchev–Trinajstić information content (AvgIpc) is 3.06. The van der Waals surface area contributed by atoms with Gasteiger partial charge in [-0.25, -0.2) is 0 Å². The number of rotatable bonds is 5. The topological polar surface area (TPSA) is 58.2 Å². The van der Waals surface area contributed by atoms with Crippen LogP contribution in [-0.2, 0) is 17.6 Å². The van der Waals surface area contributed by atoms with Crippen molar-refractivity contribution in [1.82, 2.24) is 0 Å². The smallest absolute Gasteiger partial charge is 0.243 e. The molecule has 0 radical (unpaired) electrons. The SMILES string of the molecule is CC(=O)c1cccc(NC(=O)CNc2ccc3c4c(cccc24)CC3)c1. The molecule has 0 aliphatic heterocycles. The highest BCUT2D eigenvalue weighted by molar-refractivity contribution is 6.02. The van der Waals surface area contributed by atoms with Crippen molar-refractivity contribution < 1.29 is 9.59 Å². The van der Waals surface area contributed by atoms with Gasteiger partial charge in [0.15, 0.2) is 5.78 Å². The van der Waals surface area contributed by atoms with E-state index in [1.54, 1.807) is 24.3 Å². The standard InChI is InChI=1S/C22H20N2O2/c1-14(25)17-5-2-6-18(12-17)24-21(26)13-23-20-11-10-16-9-8-15-4-3-7-19(20)22(15)16/h2-7,10-12,23H,8-9,13H2,1H3,(H,24,26). The van der Waals surface area contributed by atoms with Gasteiger partial charge in [-0.15, -0.1) is 0 Å². The lowest BCUT2D eigenvalue weighted by atomic mass is 10.0. The van der Waals surface area contributed by atoms with Crippen LogP contribution >= 0.6 is 0 Å². The number of hydrogen-bond acceptors (Lipinski definition) is 3. The first kappa shape index (κ1) is 16.3. The van der Waals surface area contributed by atoms with Crippen molar-refractivity contribution in [2.24, 2.45) is 0 Å². The van der Waals surface area contributed by atoms with Crippen molar-refractivity contribution in [2.75, 3.05) is 17.2 Å². The van der Waals surface area contributed by atoms with Crippen LogP contribution in [0, 0.1) is 0 Å². The zero-order valence-corrected chi connectivity index (χ0v) is 14.6. The molecule has 130 valence electrons. The van der Waals surface area contributed by atoms with Crippen molar-refractivity contribution in [3.05, 3.63) is 71.3 Å². The van der Waals surface area contributed by atoms with E-state index in [9.17, 15) is 9.59 Å². The highest BCUT2D eigenvalue weighted by Crippen LogP contribution is 2.34. The molecular formula is C22H20N2O2. The van der Waals surface area contributed by atoms with Crippen molar-refractivity contribution in [3.8, 4) is 0 Å². The minimum atomic E-state index is -0.144. The van der Waals surface area contributed by atoms with E-state index in [2.05, 4.69) is 41.0 Å². The highest BCUT2D eigenvalue weighted by Gasteiger charge is 2.16. The van der Waals surface area contributed by atoms with E-state index in [4.69, 9.17) is 0 Å². The Morgan fingerprint density at radius 3 is 2.54 bits per heavy atom. The molecule has 3 aromatic carbocycles. The van der Waals surface area contributed by atoms with Gasteiger partial charge < -0.3 is 10.6 Å². The molecular weight excluding hydrogens is 324 g/mol. The van der Waals surface area contributed by atoms with Crippen LogP contribution in [0.5, 0.6) is 0 Å². The Balaban J connectivity index is 1.48. The molecule has 4 nitrogen and oxygen atoms in total. The molecule has 0 saturated heterocycles. The van der Waals surface area contributed by atoms with Gasteiger partial charge in [0, 0.05) is 22.3 Å². The molecule has 26 heavy (non-hydrogen) atoms. The zero-order chi connectivity index (χ0) is 18.1. The van der Waals surface area contributed by atoms with Crippen LogP contribution < -0.4 is 10.6 Å². The Kier molecular flexibility index (Phi) is 4.17. The number of carbonyl (C=O) groups is 2. The van der Waals surface area contributed by atoms with E-state index in [-0.39, 0.29) is 18.2 Å². The Morgan fingerprint density at radius 2 is 1.73 bits per heavy atom. The second-order valence-corrected chi connectivity index (χ2v) is 6.65. The number of amides is 1.